The second-order valence-corrected chi connectivity index (χ2v) is 7.69. The third-order valence-corrected chi connectivity index (χ3v) is 5.46. The van der Waals surface area contributed by atoms with Crippen molar-refractivity contribution in [2.24, 2.45) is 0 Å². The summed E-state index contributed by atoms with van der Waals surface area (Å²) < 4.78 is 0. The van der Waals surface area contributed by atoms with Gasteiger partial charge in [-0.2, -0.15) is 0 Å². The summed E-state index contributed by atoms with van der Waals surface area (Å²) in [6.07, 6.45) is 1.47. The van der Waals surface area contributed by atoms with E-state index in [1.165, 1.54) is 5.56 Å². The van der Waals surface area contributed by atoms with Crippen LogP contribution in [0.15, 0.2) is 60.7 Å². The second-order valence-electron chi connectivity index (χ2n) is 6.70. The number of benzene rings is 2. The van der Waals surface area contributed by atoms with Gasteiger partial charge >= 0.3 is 0 Å². The van der Waals surface area contributed by atoms with Crippen LogP contribution in [0.3, 0.4) is 0 Å². The van der Waals surface area contributed by atoms with E-state index in [-0.39, 0.29) is 11.8 Å². The van der Waals surface area contributed by atoms with Gasteiger partial charge in [0.2, 0.25) is 11.8 Å². The molecule has 1 N–H and O–H groups in total. The molecule has 0 spiro atoms. The number of rotatable bonds is 11. The molecule has 150 valence electrons. The Morgan fingerprint density at radius 3 is 2.14 bits per heavy atom. The van der Waals surface area contributed by atoms with E-state index < -0.39 is 6.04 Å². The van der Waals surface area contributed by atoms with Crippen LogP contribution in [0.4, 0.5) is 0 Å². The summed E-state index contributed by atoms with van der Waals surface area (Å²) in [5.41, 5.74) is 2.23. The zero-order valence-corrected chi connectivity index (χ0v) is 17.6. The van der Waals surface area contributed by atoms with Gasteiger partial charge in [-0.05, 0) is 24.0 Å². The van der Waals surface area contributed by atoms with Gasteiger partial charge in [-0.1, -0.05) is 74.5 Å². The van der Waals surface area contributed by atoms with Gasteiger partial charge in [0.25, 0.3) is 0 Å². The van der Waals surface area contributed by atoms with Gasteiger partial charge in [0.15, 0.2) is 0 Å². The summed E-state index contributed by atoms with van der Waals surface area (Å²) in [4.78, 5) is 27.4. The molecular formula is C23H30N2O2S. The van der Waals surface area contributed by atoms with E-state index >= 15 is 0 Å². The van der Waals surface area contributed by atoms with Crippen LogP contribution in [0.5, 0.6) is 0 Å². The zero-order chi connectivity index (χ0) is 20.2. The van der Waals surface area contributed by atoms with Crippen LogP contribution in [0.1, 0.15) is 37.8 Å². The topological polar surface area (TPSA) is 49.4 Å². The lowest BCUT2D eigenvalue weighted by atomic mass is 10.1. The Bertz CT molecular complexity index is 722. The Morgan fingerprint density at radius 1 is 0.964 bits per heavy atom. The van der Waals surface area contributed by atoms with E-state index in [0.717, 1.165) is 17.7 Å². The molecule has 5 heteroatoms. The second kappa shape index (κ2) is 12.2. The van der Waals surface area contributed by atoms with Crippen LogP contribution >= 0.6 is 11.8 Å². The molecule has 0 unspecified atom stereocenters. The molecule has 0 aliphatic heterocycles. The predicted molar refractivity (Wildman–Crippen MR) is 117 cm³/mol. The zero-order valence-electron chi connectivity index (χ0n) is 16.8. The number of nitrogens with one attached hydrogen (secondary N) is 1. The van der Waals surface area contributed by atoms with Crippen molar-refractivity contribution in [3.05, 3.63) is 71.8 Å². The number of hydrogen-bond donors (Lipinski definition) is 1. The number of carbonyl (C=O) groups is 2. The Morgan fingerprint density at radius 2 is 1.57 bits per heavy atom. The largest absolute Gasteiger partial charge is 0.354 e. The highest BCUT2D eigenvalue weighted by Gasteiger charge is 2.28. The minimum Gasteiger partial charge on any atom is -0.354 e. The maximum Gasteiger partial charge on any atom is 0.242 e. The van der Waals surface area contributed by atoms with Gasteiger partial charge in [-0.3, -0.25) is 9.59 Å². The van der Waals surface area contributed by atoms with Gasteiger partial charge in [-0.15, -0.1) is 11.8 Å². The van der Waals surface area contributed by atoms with E-state index in [1.54, 1.807) is 16.7 Å². The molecule has 0 fully saturated rings. The lowest BCUT2D eigenvalue weighted by Gasteiger charge is -2.30. The quantitative estimate of drug-likeness (QED) is 0.615. The van der Waals surface area contributed by atoms with E-state index in [4.69, 9.17) is 0 Å². The van der Waals surface area contributed by atoms with Crippen molar-refractivity contribution in [2.75, 3.05) is 12.3 Å². The summed E-state index contributed by atoms with van der Waals surface area (Å²) in [5, 5.41) is 2.95. The van der Waals surface area contributed by atoms with Crippen molar-refractivity contribution in [2.45, 2.75) is 45.0 Å². The van der Waals surface area contributed by atoms with Gasteiger partial charge in [0.1, 0.15) is 6.04 Å². The summed E-state index contributed by atoms with van der Waals surface area (Å²) in [6, 6.07) is 19.5. The molecule has 28 heavy (non-hydrogen) atoms. The molecule has 0 aliphatic rings. The minimum atomic E-state index is -0.448. The van der Waals surface area contributed by atoms with Crippen LogP contribution in [0, 0.1) is 0 Å². The van der Waals surface area contributed by atoms with Crippen molar-refractivity contribution >= 4 is 23.6 Å². The Labute approximate surface area is 172 Å². The summed E-state index contributed by atoms with van der Waals surface area (Å²) in [7, 11) is 0. The van der Waals surface area contributed by atoms with Crippen LogP contribution in [-0.4, -0.2) is 35.1 Å². The molecule has 0 radical (unpaired) electrons. The molecule has 2 aromatic carbocycles. The fraction of sp³-hybridized carbons (Fsp3) is 0.391. The number of amides is 2. The first-order chi connectivity index (χ1) is 13.7. The van der Waals surface area contributed by atoms with Crippen LogP contribution in [0.25, 0.3) is 0 Å². The Hall–Kier alpha value is -2.27. The SMILES string of the molecule is CCCNC(=O)[C@@H](CC)N(Cc1ccccc1)C(=O)CSCc1ccccc1. The molecule has 0 aromatic heterocycles. The molecule has 4 nitrogen and oxygen atoms in total. The fourth-order valence-electron chi connectivity index (χ4n) is 2.98. The van der Waals surface area contributed by atoms with Crippen molar-refractivity contribution in [3.63, 3.8) is 0 Å². The Kier molecular flexibility index (Phi) is 9.63. The summed E-state index contributed by atoms with van der Waals surface area (Å²) in [5.74, 6) is 1.08. The number of thioether (sulfide) groups is 1. The van der Waals surface area contributed by atoms with Crippen LogP contribution < -0.4 is 5.32 Å². The molecule has 0 heterocycles. The first-order valence-corrected chi connectivity index (χ1v) is 11.0. The number of hydrogen-bond acceptors (Lipinski definition) is 3. The molecular weight excluding hydrogens is 368 g/mol. The number of carbonyl (C=O) groups excluding carboxylic acids is 2. The maximum absolute atomic E-state index is 13.0. The minimum absolute atomic E-state index is 0.00304. The highest BCUT2D eigenvalue weighted by Crippen LogP contribution is 2.17. The molecule has 2 amide bonds. The monoisotopic (exact) mass is 398 g/mol. The fourth-order valence-corrected chi connectivity index (χ4v) is 3.85. The van der Waals surface area contributed by atoms with Crippen molar-refractivity contribution in [3.8, 4) is 0 Å². The van der Waals surface area contributed by atoms with Gasteiger partial charge in [0.05, 0.1) is 5.75 Å². The summed E-state index contributed by atoms with van der Waals surface area (Å²) in [6.45, 7) is 5.06. The smallest absolute Gasteiger partial charge is 0.242 e. The van der Waals surface area contributed by atoms with Gasteiger partial charge in [0, 0.05) is 18.8 Å². The summed E-state index contributed by atoms with van der Waals surface area (Å²) >= 11 is 1.59. The van der Waals surface area contributed by atoms with E-state index in [9.17, 15) is 9.59 Å². The van der Waals surface area contributed by atoms with Crippen molar-refractivity contribution < 1.29 is 9.59 Å². The first-order valence-electron chi connectivity index (χ1n) is 9.88. The van der Waals surface area contributed by atoms with E-state index in [1.807, 2.05) is 62.4 Å². The predicted octanol–water partition coefficient (Wildman–Crippen LogP) is 4.25. The lowest BCUT2D eigenvalue weighted by molar-refractivity contribution is -0.139. The molecule has 2 aromatic rings. The normalized spacial score (nSPS) is 11.6. The van der Waals surface area contributed by atoms with Crippen LogP contribution in [-0.2, 0) is 21.9 Å². The van der Waals surface area contributed by atoms with Crippen LogP contribution in [0.2, 0.25) is 0 Å². The average Bonchev–Trinajstić information content (AvgIpc) is 2.73. The lowest BCUT2D eigenvalue weighted by Crippen LogP contribution is -2.49. The molecule has 0 aliphatic carbocycles. The third kappa shape index (κ3) is 7.04. The van der Waals surface area contributed by atoms with E-state index in [0.29, 0.717) is 25.3 Å². The third-order valence-electron chi connectivity index (χ3n) is 4.47. The number of nitrogens with zero attached hydrogens (tertiary/aromatic N) is 1. The first kappa shape index (κ1) is 22.0. The van der Waals surface area contributed by atoms with E-state index in [2.05, 4.69) is 17.4 Å². The van der Waals surface area contributed by atoms with Crippen molar-refractivity contribution in [1.29, 1.82) is 0 Å². The standard InChI is InChI=1S/C23H30N2O2S/c1-3-15-24-23(27)21(4-2)25(16-19-11-7-5-8-12-19)22(26)18-28-17-20-13-9-6-10-14-20/h5-14,21H,3-4,15-18H2,1-2H3,(H,24,27)/t21-/m1/s1. The highest BCUT2D eigenvalue weighted by atomic mass is 32.2. The maximum atomic E-state index is 13.0. The van der Waals surface area contributed by atoms with Crippen molar-refractivity contribution in [1.82, 2.24) is 10.2 Å². The average molecular weight is 399 g/mol. The Balaban J connectivity index is 2.06. The van der Waals surface area contributed by atoms with Gasteiger partial charge < -0.3 is 10.2 Å². The molecule has 2 rings (SSSR count). The highest BCUT2D eigenvalue weighted by molar-refractivity contribution is 7.99. The molecule has 0 bridgehead atoms. The van der Waals surface area contributed by atoms with Gasteiger partial charge in [-0.25, -0.2) is 0 Å². The molecule has 1 atom stereocenters. The molecule has 0 saturated carbocycles. The molecule has 0 saturated heterocycles.